The molecule has 1 aromatic carbocycles. The number of pyridine rings is 1. The number of carbonyl (C=O) groups is 1. The van der Waals surface area contributed by atoms with Crippen LogP contribution in [0.2, 0.25) is 0 Å². The highest BCUT2D eigenvalue weighted by Crippen LogP contribution is 2.26. The standard InChI is InChI=1S/C20H20N2O3/c1-4-15-11-17(25-13-16-9-7-6-8-10-16)19-21-14(3)18(22(19)12-15)20(23)24-5-2/h4,6-12H,1,5,13H2,2-3H3. The largest absolute Gasteiger partial charge is 0.485 e. The van der Waals surface area contributed by atoms with Crippen LogP contribution >= 0.6 is 0 Å². The summed E-state index contributed by atoms with van der Waals surface area (Å²) in [5, 5.41) is 0. The molecule has 2 heterocycles. The summed E-state index contributed by atoms with van der Waals surface area (Å²) in [5.41, 5.74) is 3.48. The molecule has 0 N–H and O–H groups in total. The number of ether oxygens (including phenoxy) is 2. The maximum absolute atomic E-state index is 12.3. The Kier molecular flexibility index (Phi) is 4.84. The fourth-order valence-electron chi connectivity index (χ4n) is 2.65. The van der Waals surface area contributed by atoms with Gasteiger partial charge in [0.05, 0.1) is 12.3 Å². The minimum atomic E-state index is -0.400. The molecule has 0 radical (unpaired) electrons. The fourth-order valence-corrected chi connectivity index (χ4v) is 2.65. The highest BCUT2D eigenvalue weighted by atomic mass is 16.5. The van der Waals surface area contributed by atoms with Crippen LogP contribution in [0.1, 0.15) is 34.2 Å². The first-order valence-electron chi connectivity index (χ1n) is 8.13. The Morgan fingerprint density at radius 2 is 2.08 bits per heavy atom. The maximum atomic E-state index is 12.3. The summed E-state index contributed by atoms with van der Waals surface area (Å²) in [6.45, 7) is 8.10. The van der Waals surface area contributed by atoms with Gasteiger partial charge in [-0.1, -0.05) is 43.0 Å². The zero-order valence-corrected chi connectivity index (χ0v) is 14.4. The van der Waals surface area contributed by atoms with E-state index in [0.717, 1.165) is 11.1 Å². The second kappa shape index (κ2) is 7.21. The third kappa shape index (κ3) is 3.40. The summed E-state index contributed by atoms with van der Waals surface area (Å²) in [6.07, 6.45) is 3.52. The number of aryl methyl sites for hydroxylation is 1. The summed E-state index contributed by atoms with van der Waals surface area (Å²) < 4.78 is 12.8. The highest BCUT2D eigenvalue weighted by molar-refractivity contribution is 5.90. The van der Waals surface area contributed by atoms with Gasteiger partial charge in [-0.15, -0.1) is 0 Å². The molecule has 3 aromatic rings. The molecule has 0 amide bonds. The van der Waals surface area contributed by atoms with Crippen molar-refractivity contribution in [3.05, 3.63) is 71.7 Å². The van der Waals surface area contributed by atoms with E-state index >= 15 is 0 Å². The molecule has 0 aliphatic rings. The second-order valence-corrected chi connectivity index (χ2v) is 5.58. The van der Waals surface area contributed by atoms with E-state index in [1.54, 1.807) is 24.3 Å². The minimum absolute atomic E-state index is 0.310. The summed E-state index contributed by atoms with van der Waals surface area (Å²) in [5.74, 6) is 0.197. The van der Waals surface area contributed by atoms with Gasteiger partial charge < -0.3 is 9.47 Å². The number of hydrogen-bond acceptors (Lipinski definition) is 4. The van der Waals surface area contributed by atoms with Gasteiger partial charge in [0.25, 0.3) is 0 Å². The van der Waals surface area contributed by atoms with Crippen molar-refractivity contribution < 1.29 is 14.3 Å². The number of imidazole rings is 1. The Morgan fingerprint density at radius 3 is 2.76 bits per heavy atom. The van der Waals surface area contributed by atoms with Gasteiger partial charge in [0.15, 0.2) is 17.1 Å². The number of esters is 1. The predicted molar refractivity (Wildman–Crippen MR) is 96.8 cm³/mol. The maximum Gasteiger partial charge on any atom is 0.357 e. The molecule has 0 atom stereocenters. The average molecular weight is 336 g/mol. The van der Waals surface area contributed by atoms with Gasteiger partial charge in [-0.25, -0.2) is 9.78 Å². The molecule has 0 fully saturated rings. The molecular formula is C20H20N2O3. The number of benzene rings is 1. The SMILES string of the molecule is C=Cc1cc(OCc2ccccc2)c2nc(C)c(C(=O)OCC)n2c1. The molecule has 0 unspecified atom stereocenters. The van der Waals surface area contributed by atoms with Crippen molar-refractivity contribution in [2.45, 2.75) is 20.5 Å². The van der Waals surface area contributed by atoms with Crippen LogP contribution in [0.5, 0.6) is 5.75 Å². The summed E-state index contributed by atoms with van der Waals surface area (Å²) in [7, 11) is 0. The molecular weight excluding hydrogens is 316 g/mol. The van der Waals surface area contributed by atoms with Crippen LogP contribution < -0.4 is 4.74 Å². The van der Waals surface area contributed by atoms with E-state index in [9.17, 15) is 4.79 Å². The molecule has 2 aromatic heterocycles. The normalized spacial score (nSPS) is 10.6. The van der Waals surface area contributed by atoms with E-state index in [1.807, 2.05) is 42.6 Å². The van der Waals surface area contributed by atoms with Gasteiger partial charge >= 0.3 is 5.97 Å². The first-order chi connectivity index (χ1) is 12.1. The fraction of sp³-hybridized carbons (Fsp3) is 0.200. The third-order valence-electron chi connectivity index (χ3n) is 3.82. The molecule has 3 rings (SSSR count). The van der Waals surface area contributed by atoms with Crippen LogP contribution in [0.15, 0.2) is 49.2 Å². The van der Waals surface area contributed by atoms with Gasteiger partial charge in [0.2, 0.25) is 0 Å². The molecule has 0 aliphatic carbocycles. The van der Waals surface area contributed by atoms with E-state index in [2.05, 4.69) is 11.6 Å². The molecule has 0 bridgehead atoms. The molecule has 0 spiro atoms. The van der Waals surface area contributed by atoms with Gasteiger partial charge in [0, 0.05) is 6.20 Å². The molecule has 0 saturated heterocycles. The van der Waals surface area contributed by atoms with Crippen molar-refractivity contribution in [2.24, 2.45) is 0 Å². The first-order valence-corrected chi connectivity index (χ1v) is 8.13. The minimum Gasteiger partial charge on any atom is -0.485 e. The van der Waals surface area contributed by atoms with E-state index in [1.165, 1.54) is 0 Å². The lowest BCUT2D eigenvalue weighted by molar-refractivity contribution is 0.0517. The Morgan fingerprint density at radius 1 is 1.32 bits per heavy atom. The summed E-state index contributed by atoms with van der Waals surface area (Å²) >= 11 is 0. The summed E-state index contributed by atoms with van der Waals surface area (Å²) in [4.78, 5) is 16.8. The molecule has 5 nitrogen and oxygen atoms in total. The van der Waals surface area contributed by atoms with Gasteiger partial charge in [0.1, 0.15) is 6.61 Å². The lowest BCUT2D eigenvalue weighted by atomic mass is 10.2. The van der Waals surface area contributed by atoms with Crippen molar-refractivity contribution in [1.82, 2.24) is 9.38 Å². The molecule has 25 heavy (non-hydrogen) atoms. The highest BCUT2D eigenvalue weighted by Gasteiger charge is 2.20. The van der Waals surface area contributed by atoms with Gasteiger partial charge in [-0.2, -0.15) is 0 Å². The number of fused-ring (bicyclic) bond motifs is 1. The quantitative estimate of drug-likeness (QED) is 0.638. The lowest BCUT2D eigenvalue weighted by Crippen LogP contribution is -2.10. The van der Waals surface area contributed by atoms with Gasteiger partial charge in [-0.05, 0) is 31.0 Å². The van der Waals surface area contributed by atoms with Crippen molar-refractivity contribution in [1.29, 1.82) is 0 Å². The van der Waals surface area contributed by atoms with Crippen LogP contribution in [0.25, 0.3) is 11.7 Å². The lowest BCUT2D eigenvalue weighted by Gasteiger charge is -2.10. The van der Waals surface area contributed by atoms with Crippen LogP contribution in [0, 0.1) is 6.92 Å². The van der Waals surface area contributed by atoms with E-state index in [0.29, 0.717) is 36.0 Å². The van der Waals surface area contributed by atoms with E-state index < -0.39 is 5.97 Å². The topological polar surface area (TPSA) is 52.8 Å². The Balaban J connectivity index is 2.04. The van der Waals surface area contributed by atoms with Crippen molar-refractivity contribution in [3.8, 4) is 5.75 Å². The molecule has 5 heteroatoms. The zero-order chi connectivity index (χ0) is 17.8. The van der Waals surface area contributed by atoms with Crippen molar-refractivity contribution in [2.75, 3.05) is 6.61 Å². The Hall–Kier alpha value is -3.08. The monoisotopic (exact) mass is 336 g/mol. The second-order valence-electron chi connectivity index (χ2n) is 5.58. The summed E-state index contributed by atoms with van der Waals surface area (Å²) in [6, 6.07) is 11.8. The average Bonchev–Trinajstić information content (AvgIpc) is 2.96. The van der Waals surface area contributed by atoms with Crippen LogP contribution in [-0.4, -0.2) is 22.0 Å². The number of rotatable bonds is 6. The Labute approximate surface area is 146 Å². The van der Waals surface area contributed by atoms with Crippen LogP contribution in [0.4, 0.5) is 0 Å². The number of aromatic nitrogens is 2. The van der Waals surface area contributed by atoms with E-state index in [-0.39, 0.29) is 0 Å². The first kappa shape index (κ1) is 16.8. The van der Waals surface area contributed by atoms with Crippen molar-refractivity contribution in [3.63, 3.8) is 0 Å². The third-order valence-corrected chi connectivity index (χ3v) is 3.82. The molecule has 0 saturated carbocycles. The van der Waals surface area contributed by atoms with E-state index in [4.69, 9.17) is 9.47 Å². The number of hydrogen-bond donors (Lipinski definition) is 0. The Bertz CT molecular complexity index is 914. The van der Waals surface area contributed by atoms with Crippen LogP contribution in [-0.2, 0) is 11.3 Å². The zero-order valence-electron chi connectivity index (χ0n) is 14.4. The molecule has 128 valence electrons. The number of nitrogens with zero attached hydrogens (tertiary/aromatic N) is 2. The smallest absolute Gasteiger partial charge is 0.357 e. The molecule has 0 aliphatic heterocycles. The number of carbonyl (C=O) groups excluding carboxylic acids is 1. The van der Waals surface area contributed by atoms with Crippen molar-refractivity contribution >= 4 is 17.7 Å². The van der Waals surface area contributed by atoms with Gasteiger partial charge in [-0.3, -0.25) is 4.40 Å². The predicted octanol–water partition coefficient (Wildman–Crippen LogP) is 4.04. The van der Waals surface area contributed by atoms with Crippen LogP contribution in [0.3, 0.4) is 0 Å².